The van der Waals surface area contributed by atoms with Crippen molar-refractivity contribution in [3.8, 4) is 0 Å². The van der Waals surface area contributed by atoms with Crippen LogP contribution in [-0.4, -0.2) is 49.5 Å². The normalized spacial score (nSPS) is 12.8. The smallest absolute Gasteiger partial charge is 0.244 e. The molecule has 2 amide bonds. The van der Waals surface area contributed by atoms with Gasteiger partial charge in [0.1, 0.15) is 12.6 Å². The highest BCUT2D eigenvalue weighted by Crippen LogP contribution is 2.24. The van der Waals surface area contributed by atoms with Crippen molar-refractivity contribution in [3.05, 3.63) is 64.7 Å². The van der Waals surface area contributed by atoms with Gasteiger partial charge in [0.15, 0.2) is 0 Å². The van der Waals surface area contributed by atoms with Crippen molar-refractivity contribution in [2.45, 2.75) is 65.6 Å². The van der Waals surface area contributed by atoms with E-state index in [9.17, 15) is 18.0 Å². The third-order valence-corrected chi connectivity index (χ3v) is 7.00. The molecule has 0 aliphatic carbocycles. The molecule has 0 radical (unpaired) electrons. The van der Waals surface area contributed by atoms with Gasteiger partial charge in [-0.05, 0) is 62.9 Å². The van der Waals surface area contributed by atoms with Crippen molar-refractivity contribution in [3.63, 3.8) is 0 Å². The van der Waals surface area contributed by atoms with Gasteiger partial charge in [-0.2, -0.15) is 0 Å². The molecular weight excluding hydrogens is 486 g/mol. The number of nitrogens with zero attached hydrogens (tertiary/aromatic N) is 2. The van der Waals surface area contributed by atoms with E-state index >= 15 is 0 Å². The number of rotatable bonds is 9. The van der Waals surface area contributed by atoms with Crippen LogP contribution in [0.25, 0.3) is 0 Å². The van der Waals surface area contributed by atoms with Gasteiger partial charge in [0, 0.05) is 17.1 Å². The van der Waals surface area contributed by atoms with Crippen LogP contribution < -0.4 is 9.62 Å². The van der Waals surface area contributed by atoms with Crippen molar-refractivity contribution >= 4 is 39.1 Å². The summed E-state index contributed by atoms with van der Waals surface area (Å²) in [5.74, 6) is -0.574. The van der Waals surface area contributed by atoms with Crippen LogP contribution in [0.1, 0.15) is 58.6 Å². The summed E-state index contributed by atoms with van der Waals surface area (Å²) in [5.41, 5.74) is 1.60. The van der Waals surface area contributed by atoms with Gasteiger partial charge in [-0.1, -0.05) is 55.8 Å². The molecule has 0 saturated heterocycles. The molecule has 9 heteroatoms. The predicted molar refractivity (Wildman–Crippen MR) is 142 cm³/mol. The minimum absolute atomic E-state index is 0.0567. The molecule has 1 atom stereocenters. The van der Waals surface area contributed by atoms with E-state index in [1.54, 1.807) is 43.3 Å². The molecular formula is C26H36ClN3O4S. The Kier molecular flexibility index (Phi) is 9.36. The Hall–Kier alpha value is -2.58. The Labute approximate surface area is 214 Å². The number of sulfonamides is 1. The average molecular weight is 522 g/mol. The number of hydrogen-bond acceptors (Lipinski definition) is 4. The zero-order chi connectivity index (χ0) is 26.6. The summed E-state index contributed by atoms with van der Waals surface area (Å²) in [7, 11) is -3.78. The van der Waals surface area contributed by atoms with Crippen LogP contribution in [0.2, 0.25) is 5.02 Å². The number of carbonyl (C=O) groups excluding carboxylic acids is 2. The molecule has 192 valence electrons. The maximum Gasteiger partial charge on any atom is 0.244 e. The molecule has 0 heterocycles. The fourth-order valence-electron chi connectivity index (χ4n) is 3.51. The van der Waals surface area contributed by atoms with Crippen LogP contribution in [-0.2, 0) is 26.2 Å². The largest absolute Gasteiger partial charge is 0.350 e. The number of halogens is 1. The minimum atomic E-state index is -3.78. The highest BCUT2D eigenvalue weighted by atomic mass is 35.5. The number of nitrogens with one attached hydrogen (secondary N) is 1. The first kappa shape index (κ1) is 28.7. The first-order valence-electron chi connectivity index (χ1n) is 11.5. The lowest BCUT2D eigenvalue weighted by Gasteiger charge is -2.33. The lowest BCUT2D eigenvalue weighted by Crippen LogP contribution is -2.54. The fraction of sp³-hybridized carbons (Fsp3) is 0.462. The Morgan fingerprint density at radius 2 is 1.57 bits per heavy atom. The quantitative estimate of drug-likeness (QED) is 0.524. The molecule has 0 fully saturated rings. The van der Waals surface area contributed by atoms with Crippen molar-refractivity contribution < 1.29 is 18.0 Å². The van der Waals surface area contributed by atoms with E-state index in [-0.39, 0.29) is 18.4 Å². The van der Waals surface area contributed by atoms with E-state index in [1.165, 1.54) is 4.90 Å². The van der Waals surface area contributed by atoms with E-state index in [4.69, 9.17) is 11.6 Å². The molecule has 2 aromatic rings. The van der Waals surface area contributed by atoms with Gasteiger partial charge in [0.2, 0.25) is 21.8 Å². The van der Waals surface area contributed by atoms with Crippen molar-refractivity contribution in [2.24, 2.45) is 0 Å². The lowest BCUT2D eigenvalue weighted by molar-refractivity contribution is -0.140. The Bertz CT molecular complexity index is 1140. The SMILES string of the molecule is CC(C)c1ccc(N(CC(=O)N(Cc2ccccc2Cl)[C@H](C)C(=O)NC(C)(C)C)S(C)(=O)=O)cc1. The summed E-state index contributed by atoms with van der Waals surface area (Å²) < 4.78 is 26.4. The topological polar surface area (TPSA) is 86.8 Å². The summed E-state index contributed by atoms with van der Waals surface area (Å²) >= 11 is 6.33. The summed E-state index contributed by atoms with van der Waals surface area (Å²) in [6.07, 6.45) is 1.06. The molecule has 1 N–H and O–H groups in total. The van der Waals surface area contributed by atoms with Crippen LogP contribution in [0.4, 0.5) is 5.69 Å². The highest BCUT2D eigenvalue weighted by molar-refractivity contribution is 7.92. The molecule has 0 bridgehead atoms. The number of amides is 2. The van der Waals surface area contributed by atoms with Crippen LogP contribution in [0.3, 0.4) is 0 Å². The maximum absolute atomic E-state index is 13.6. The van der Waals surface area contributed by atoms with E-state index < -0.39 is 34.1 Å². The van der Waals surface area contributed by atoms with E-state index in [0.29, 0.717) is 16.3 Å². The first-order valence-corrected chi connectivity index (χ1v) is 13.8. The second-order valence-corrected chi connectivity index (χ2v) is 12.4. The summed E-state index contributed by atoms with van der Waals surface area (Å²) in [5, 5.41) is 3.35. The zero-order valence-electron chi connectivity index (χ0n) is 21.5. The third kappa shape index (κ3) is 8.25. The number of benzene rings is 2. The van der Waals surface area contributed by atoms with E-state index in [0.717, 1.165) is 16.1 Å². The predicted octanol–water partition coefficient (Wildman–Crippen LogP) is 4.56. The van der Waals surface area contributed by atoms with Crippen molar-refractivity contribution in [1.82, 2.24) is 10.2 Å². The number of carbonyl (C=O) groups is 2. The molecule has 0 aliphatic heterocycles. The Balaban J connectivity index is 2.42. The van der Waals surface area contributed by atoms with Gasteiger partial charge in [-0.3, -0.25) is 13.9 Å². The molecule has 0 aromatic heterocycles. The highest BCUT2D eigenvalue weighted by Gasteiger charge is 2.31. The second-order valence-electron chi connectivity index (χ2n) is 10.0. The standard InChI is InChI=1S/C26H36ClN3O4S/c1-18(2)20-12-14-22(15-13-20)30(35(7,33)34)17-24(31)29(16-21-10-8-9-11-23(21)27)19(3)25(32)28-26(4,5)6/h8-15,18-19H,16-17H2,1-7H3,(H,28,32)/t19-/m1/s1. The minimum Gasteiger partial charge on any atom is -0.350 e. The van der Waals surface area contributed by atoms with Gasteiger partial charge in [0.05, 0.1) is 11.9 Å². The number of anilines is 1. The third-order valence-electron chi connectivity index (χ3n) is 5.49. The second kappa shape index (κ2) is 11.4. The Morgan fingerprint density at radius 3 is 2.06 bits per heavy atom. The lowest BCUT2D eigenvalue weighted by atomic mass is 10.0. The molecule has 0 aliphatic rings. The average Bonchev–Trinajstić information content (AvgIpc) is 2.74. The monoisotopic (exact) mass is 521 g/mol. The van der Waals surface area contributed by atoms with Crippen molar-refractivity contribution in [1.29, 1.82) is 0 Å². The van der Waals surface area contributed by atoms with Crippen LogP contribution in [0, 0.1) is 0 Å². The first-order chi connectivity index (χ1) is 16.1. The maximum atomic E-state index is 13.6. The molecule has 0 saturated carbocycles. The summed E-state index contributed by atoms with van der Waals surface area (Å²) in [6, 6.07) is 13.3. The number of hydrogen-bond donors (Lipinski definition) is 1. The van der Waals surface area contributed by atoms with Gasteiger partial charge < -0.3 is 10.2 Å². The molecule has 2 rings (SSSR count). The van der Waals surface area contributed by atoms with Crippen LogP contribution >= 0.6 is 11.6 Å². The van der Waals surface area contributed by atoms with Gasteiger partial charge in [-0.15, -0.1) is 0 Å². The summed E-state index contributed by atoms with van der Waals surface area (Å²) in [6.45, 7) is 10.9. The molecule has 0 unspecified atom stereocenters. The molecule has 2 aromatic carbocycles. The summed E-state index contributed by atoms with van der Waals surface area (Å²) in [4.78, 5) is 27.9. The fourth-order valence-corrected chi connectivity index (χ4v) is 4.55. The van der Waals surface area contributed by atoms with E-state index in [2.05, 4.69) is 5.32 Å². The molecule has 7 nitrogen and oxygen atoms in total. The van der Waals surface area contributed by atoms with Crippen LogP contribution in [0.15, 0.2) is 48.5 Å². The van der Waals surface area contributed by atoms with Crippen LogP contribution in [0.5, 0.6) is 0 Å². The van der Waals surface area contributed by atoms with Crippen molar-refractivity contribution in [2.75, 3.05) is 17.1 Å². The van der Waals surface area contributed by atoms with Gasteiger partial charge >= 0.3 is 0 Å². The zero-order valence-corrected chi connectivity index (χ0v) is 23.1. The molecule has 35 heavy (non-hydrogen) atoms. The molecule has 0 spiro atoms. The van der Waals surface area contributed by atoms with Gasteiger partial charge in [0.25, 0.3) is 0 Å². The Morgan fingerprint density at radius 1 is 1.00 bits per heavy atom. The van der Waals surface area contributed by atoms with E-state index in [1.807, 2.05) is 46.8 Å². The van der Waals surface area contributed by atoms with Gasteiger partial charge in [-0.25, -0.2) is 8.42 Å².